The molecule has 0 unspecified atom stereocenters. The van der Waals surface area contributed by atoms with E-state index >= 15 is 0 Å². The van der Waals surface area contributed by atoms with E-state index in [9.17, 15) is 14.7 Å². The number of benzene rings is 1. The first-order valence-electron chi connectivity index (χ1n) is 7.55. The van der Waals surface area contributed by atoms with Crippen LogP contribution in [0.5, 0.6) is 5.75 Å². The maximum atomic E-state index is 12.5. The Balaban J connectivity index is 1.67. The molecule has 0 atom stereocenters. The lowest BCUT2D eigenvalue weighted by molar-refractivity contribution is 0.0592. The second kappa shape index (κ2) is 5.96. The van der Waals surface area contributed by atoms with E-state index in [1.54, 1.807) is 11.0 Å². The van der Waals surface area contributed by atoms with Crippen LogP contribution in [-0.4, -0.2) is 66.1 Å². The maximum absolute atomic E-state index is 12.5. The van der Waals surface area contributed by atoms with E-state index < -0.39 is 5.97 Å². The molecule has 1 saturated heterocycles. The molecular formula is C16H20N2O4. The number of hydrogen-bond donors (Lipinski definition) is 1. The van der Waals surface area contributed by atoms with E-state index in [1.165, 1.54) is 32.1 Å². The summed E-state index contributed by atoms with van der Waals surface area (Å²) in [5.41, 5.74) is 0.461. The van der Waals surface area contributed by atoms with Gasteiger partial charge in [-0.05, 0) is 31.0 Å². The van der Waals surface area contributed by atoms with Crippen LogP contribution < -0.4 is 0 Å². The molecule has 0 bridgehead atoms. The van der Waals surface area contributed by atoms with Crippen LogP contribution in [0.15, 0.2) is 18.2 Å². The van der Waals surface area contributed by atoms with Crippen molar-refractivity contribution >= 4 is 11.9 Å². The number of phenols is 1. The van der Waals surface area contributed by atoms with Gasteiger partial charge in [0, 0.05) is 37.8 Å². The van der Waals surface area contributed by atoms with E-state index in [2.05, 4.69) is 9.64 Å². The van der Waals surface area contributed by atoms with Crippen molar-refractivity contribution in [3.8, 4) is 5.75 Å². The lowest BCUT2D eigenvalue weighted by Crippen LogP contribution is -2.49. The number of amides is 1. The Kier molecular flexibility index (Phi) is 4.02. The van der Waals surface area contributed by atoms with Crippen LogP contribution in [0.25, 0.3) is 0 Å². The predicted molar refractivity (Wildman–Crippen MR) is 79.9 cm³/mol. The molecule has 6 heteroatoms. The van der Waals surface area contributed by atoms with Crippen LogP contribution in [0.3, 0.4) is 0 Å². The van der Waals surface area contributed by atoms with Crippen molar-refractivity contribution < 1.29 is 19.4 Å². The molecule has 6 nitrogen and oxygen atoms in total. The quantitative estimate of drug-likeness (QED) is 0.847. The van der Waals surface area contributed by atoms with Gasteiger partial charge < -0.3 is 14.7 Å². The Labute approximate surface area is 129 Å². The number of methoxy groups -OCH3 is 1. The van der Waals surface area contributed by atoms with Crippen LogP contribution in [0.1, 0.15) is 33.6 Å². The van der Waals surface area contributed by atoms with E-state index in [0.29, 0.717) is 18.7 Å². The summed E-state index contributed by atoms with van der Waals surface area (Å²) in [7, 11) is 1.25. The molecule has 0 radical (unpaired) electrons. The van der Waals surface area contributed by atoms with Gasteiger partial charge in [0.15, 0.2) is 0 Å². The summed E-state index contributed by atoms with van der Waals surface area (Å²) in [6.07, 6.45) is 2.55. The molecule has 2 fully saturated rings. The van der Waals surface area contributed by atoms with Crippen molar-refractivity contribution in [2.45, 2.75) is 18.9 Å². The zero-order valence-corrected chi connectivity index (χ0v) is 12.6. The summed E-state index contributed by atoms with van der Waals surface area (Å²) in [4.78, 5) is 28.1. The smallest absolute Gasteiger partial charge is 0.341 e. The van der Waals surface area contributed by atoms with Crippen molar-refractivity contribution in [2.24, 2.45) is 0 Å². The molecular weight excluding hydrogens is 284 g/mol. The van der Waals surface area contributed by atoms with Crippen molar-refractivity contribution in [2.75, 3.05) is 33.3 Å². The van der Waals surface area contributed by atoms with E-state index in [1.807, 2.05) is 0 Å². The zero-order valence-electron chi connectivity index (χ0n) is 12.6. The van der Waals surface area contributed by atoms with Crippen molar-refractivity contribution in [3.05, 3.63) is 29.3 Å². The highest BCUT2D eigenvalue weighted by Crippen LogP contribution is 2.28. The second-order valence-electron chi connectivity index (χ2n) is 5.78. The number of nitrogens with zero attached hydrogens (tertiary/aromatic N) is 2. The van der Waals surface area contributed by atoms with Gasteiger partial charge in [0.2, 0.25) is 0 Å². The number of esters is 1. The molecule has 0 spiro atoms. The zero-order chi connectivity index (χ0) is 15.7. The average Bonchev–Trinajstić information content (AvgIpc) is 3.38. The summed E-state index contributed by atoms with van der Waals surface area (Å²) in [5.74, 6) is -0.953. The van der Waals surface area contributed by atoms with Gasteiger partial charge in [-0.15, -0.1) is 0 Å². The molecule has 2 aliphatic rings. The number of aromatic hydroxyl groups is 1. The topological polar surface area (TPSA) is 70.1 Å². The Morgan fingerprint density at radius 1 is 1.18 bits per heavy atom. The summed E-state index contributed by atoms with van der Waals surface area (Å²) in [5, 5.41) is 9.88. The standard InChI is InChI=1S/C16H20N2O4/c1-22-16(21)13-5-2-11(10-14(13)19)15(20)18-8-6-17(7-9-18)12-3-4-12/h2,5,10,12,19H,3-4,6-9H2,1H3. The van der Waals surface area contributed by atoms with Crippen LogP contribution >= 0.6 is 0 Å². The predicted octanol–water partition coefficient (Wildman–Crippen LogP) is 1.10. The van der Waals surface area contributed by atoms with Crippen LogP contribution in [0.2, 0.25) is 0 Å². The number of carbonyl (C=O) groups excluding carboxylic acids is 2. The molecule has 3 rings (SSSR count). The van der Waals surface area contributed by atoms with Gasteiger partial charge in [-0.3, -0.25) is 9.69 Å². The van der Waals surface area contributed by atoms with Gasteiger partial charge >= 0.3 is 5.97 Å². The average molecular weight is 304 g/mol. The number of ether oxygens (including phenoxy) is 1. The third kappa shape index (κ3) is 2.92. The molecule has 22 heavy (non-hydrogen) atoms. The van der Waals surface area contributed by atoms with Crippen molar-refractivity contribution in [3.63, 3.8) is 0 Å². The Morgan fingerprint density at radius 2 is 1.86 bits per heavy atom. The Bertz CT molecular complexity index is 590. The molecule has 0 aromatic heterocycles. The second-order valence-corrected chi connectivity index (χ2v) is 5.78. The fourth-order valence-electron chi connectivity index (χ4n) is 2.86. The minimum absolute atomic E-state index is 0.0672. The largest absolute Gasteiger partial charge is 0.507 e. The minimum Gasteiger partial charge on any atom is -0.507 e. The molecule has 1 aliphatic heterocycles. The molecule has 1 heterocycles. The Morgan fingerprint density at radius 3 is 2.41 bits per heavy atom. The molecule has 118 valence electrons. The summed E-state index contributed by atoms with van der Waals surface area (Å²) >= 11 is 0. The first-order chi connectivity index (χ1) is 10.6. The fraction of sp³-hybridized carbons (Fsp3) is 0.500. The van der Waals surface area contributed by atoms with E-state index in [-0.39, 0.29) is 17.2 Å². The summed E-state index contributed by atoms with van der Waals surface area (Å²) < 4.78 is 4.57. The summed E-state index contributed by atoms with van der Waals surface area (Å²) in [6.45, 7) is 3.22. The van der Waals surface area contributed by atoms with Crippen LogP contribution in [-0.2, 0) is 4.74 Å². The van der Waals surface area contributed by atoms with Gasteiger partial charge in [0.05, 0.1) is 7.11 Å². The van der Waals surface area contributed by atoms with E-state index in [4.69, 9.17) is 0 Å². The molecule has 1 N–H and O–H groups in total. The van der Waals surface area contributed by atoms with Crippen molar-refractivity contribution in [1.82, 2.24) is 9.80 Å². The normalized spacial score (nSPS) is 19.0. The molecule has 1 amide bonds. The highest BCUT2D eigenvalue weighted by molar-refractivity contribution is 5.98. The third-order valence-corrected chi connectivity index (χ3v) is 4.31. The lowest BCUT2D eigenvalue weighted by atomic mass is 10.1. The third-order valence-electron chi connectivity index (χ3n) is 4.31. The van der Waals surface area contributed by atoms with Gasteiger partial charge in [0.25, 0.3) is 5.91 Å². The van der Waals surface area contributed by atoms with Gasteiger partial charge in [-0.25, -0.2) is 4.79 Å². The van der Waals surface area contributed by atoms with Gasteiger partial charge in [-0.1, -0.05) is 0 Å². The summed E-state index contributed by atoms with van der Waals surface area (Å²) in [6, 6.07) is 5.04. The number of hydrogen-bond acceptors (Lipinski definition) is 5. The van der Waals surface area contributed by atoms with E-state index in [0.717, 1.165) is 19.1 Å². The molecule has 1 aliphatic carbocycles. The van der Waals surface area contributed by atoms with Gasteiger partial charge in [0.1, 0.15) is 11.3 Å². The fourth-order valence-corrected chi connectivity index (χ4v) is 2.86. The molecule has 1 aromatic carbocycles. The monoisotopic (exact) mass is 304 g/mol. The Hall–Kier alpha value is -2.08. The minimum atomic E-state index is -0.616. The number of rotatable bonds is 3. The lowest BCUT2D eigenvalue weighted by Gasteiger charge is -2.34. The first kappa shape index (κ1) is 14.8. The number of phenolic OH excluding ortho intramolecular Hbond substituents is 1. The molecule has 1 aromatic rings. The van der Waals surface area contributed by atoms with Crippen LogP contribution in [0.4, 0.5) is 0 Å². The van der Waals surface area contributed by atoms with Crippen molar-refractivity contribution in [1.29, 1.82) is 0 Å². The van der Waals surface area contributed by atoms with Gasteiger partial charge in [-0.2, -0.15) is 0 Å². The first-order valence-corrected chi connectivity index (χ1v) is 7.55. The SMILES string of the molecule is COC(=O)c1ccc(C(=O)N2CCN(C3CC3)CC2)cc1O. The molecule has 1 saturated carbocycles. The highest BCUT2D eigenvalue weighted by Gasteiger charge is 2.32. The number of piperazine rings is 1. The van der Waals surface area contributed by atoms with Crippen LogP contribution in [0, 0.1) is 0 Å². The maximum Gasteiger partial charge on any atom is 0.341 e. The highest BCUT2D eigenvalue weighted by atomic mass is 16.5. The number of carbonyl (C=O) groups is 2.